The summed E-state index contributed by atoms with van der Waals surface area (Å²) in [5, 5.41) is 20.2. The van der Waals surface area contributed by atoms with E-state index in [1.807, 2.05) is 37.3 Å². The van der Waals surface area contributed by atoms with Gasteiger partial charge in [-0.3, -0.25) is 4.79 Å². The lowest BCUT2D eigenvalue weighted by atomic mass is 9.88. The van der Waals surface area contributed by atoms with Gasteiger partial charge < -0.3 is 15.1 Å². The van der Waals surface area contributed by atoms with E-state index < -0.39 is 0 Å². The van der Waals surface area contributed by atoms with E-state index >= 15 is 0 Å². The summed E-state index contributed by atoms with van der Waals surface area (Å²) in [4.78, 5) is 14.9. The summed E-state index contributed by atoms with van der Waals surface area (Å²) < 4.78 is 0. The number of carbonyl (C=O) groups is 1. The highest BCUT2D eigenvalue weighted by Crippen LogP contribution is 2.46. The minimum atomic E-state index is -0.354. The fraction of sp³-hybridized carbons (Fsp3) is 0.0952. The third kappa shape index (κ3) is 2.50. The van der Waals surface area contributed by atoms with E-state index in [1.54, 1.807) is 17.0 Å². The minimum absolute atomic E-state index is 0.0977. The molecule has 4 nitrogen and oxygen atoms in total. The van der Waals surface area contributed by atoms with Crippen LogP contribution in [0.4, 0.5) is 5.69 Å². The van der Waals surface area contributed by atoms with Gasteiger partial charge in [-0.25, -0.2) is 0 Å². The number of anilines is 1. The van der Waals surface area contributed by atoms with Crippen LogP contribution < -0.4 is 4.90 Å². The van der Waals surface area contributed by atoms with E-state index in [-0.39, 0.29) is 29.0 Å². The Hall–Kier alpha value is -2.98. The number of amides is 1. The second-order valence-corrected chi connectivity index (χ2v) is 6.74. The Morgan fingerprint density at radius 2 is 1.77 bits per heavy atom. The van der Waals surface area contributed by atoms with Crippen LogP contribution in [0.5, 0.6) is 11.5 Å². The Morgan fingerprint density at radius 3 is 2.54 bits per heavy atom. The summed E-state index contributed by atoms with van der Waals surface area (Å²) in [6, 6.07) is 17.1. The summed E-state index contributed by atoms with van der Waals surface area (Å²) in [6.45, 7) is 1.94. The smallest absolute Gasteiger partial charge is 0.262 e. The number of hydrogen-bond acceptors (Lipinski definition) is 3. The van der Waals surface area contributed by atoms with Crippen LogP contribution in [0, 0.1) is 0 Å². The molecule has 0 saturated heterocycles. The van der Waals surface area contributed by atoms with Crippen molar-refractivity contribution in [1.82, 2.24) is 0 Å². The highest BCUT2D eigenvalue weighted by atomic mass is 35.5. The van der Waals surface area contributed by atoms with Gasteiger partial charge in [0, 0.05) is 16.7 Å². The Morgan fingerprint density at radius 1 is 1.00 bits per heavy atom. The zero-order valence-electron chi connectivity index (χ0n) is 14.0. The van der Waals surface area contributed by atoms with Crippen LogP contribution in [0.2, 0.25) is 5.02 Å². The van der Waals surface area contributed by atoms with E-state index in [9.17, 15) is 15.0 Å². The largest absolute Gasteiger partial charge is 0.508 e. The lowest BCUT2D eigenvalue weighted by Gasteiger charge is -2.37. The van der Waals surface area contributed by atoms with Crippen molar-refractivity contribution in [2.45, 2.75) is 13.0 Å². The molecule has 0 aromatic heterocycles. The van der Waals surface area contributed by atoms with Crippen LogP contribution in [0.25, 0.3) is 11.1 Å². The van der Waals surface area contributed by atoms with E-state index in [4.69, 9.17) is 11.6 Å². The lowest BCUT2D eigenvalue weighted by Crippen LogP contribution is -2.36. The predicted octanol–water partition coefficient (Wildman–Crippen LogP) is 5.14. The van der Waals surface area contributed by atoms with Gasteiger partial charge in [-0.2, -0.15) is 0 Å². The molecule has 1 aliphatic heterocycles. The summed E-state index contributed by atoms with van der Waals surface area (Å²) in [5.74, 6) is -0.711. The first-order valence-corrected chi connectivity index (χ1v) is 8.59. The van der Waals surface area contributed by atoms with Crippen molar-refractivity contribution < 1.29 is 15.0 Å². The van der Waals surface area contributed by atoms with Crippen molar-refractivity contribution in [2.75, 3.05) is 4.90 Å². The summed E-state index contributed by atoms with van der Waals surface area (Å²) in [7, 11) is 0. The third-order valence-electron chi connectivity index (χ3n) is 4.74. The van der Waals surface area contributed by atoms with Gasteiger partial charge in [-0.15, -0.1) is 0 Å². The molecule has 0 spiro atoms. The van der Waals surface area contributed by atoms with Gasteiger partial charge in [-0.05, 0) is 42.3 Å². The number of carbonyl (C=O) groups excluding carboxylic acids is 1. The molecule has 1 heterocycles. The first-order chi connectivity index (χ1) is 12.5. The topological polar surface area (TPSA) is 60.8 Å². The molecule has 0 saturated carbocycles. The van der Waals surface area contributed by atoms with Crippen molar-refractivity contribution in [3.63, 3.8) is 0 Å². The van der Waals surface area contributed by atoms with Gasteiger partial charge in [0.2, 0.25) is 0 Å². The summed E-state index contributed by atoms with van der Waals surface area (Å²) in [6.07, 6.45) is 0. The molecular weight excluding hydrogens is 350 g/mol. The maximum atomic E-state index is 13.3. The molecule has 0 unspecified atom stereocenters. The molecular formula is C21H16ClNO3. The van der Waals surface area contributed by atoms with Gasteiger partial charge in [0.1, 0.15) is 11.5 Å². The van der Waals surface area contributed by atoms with Gasteiger partial charge in [0.05, 0.1) is 17.3 Å². The second-order valence-electron chi connectivity index (χ2n) is 6.30. The van der Waals surface area contributed by atoms with Crippen LogP contribution in [0.3, 0.4) is 0 Å². The molecule has 0 aliphatic carbocycles. The molecule has 130 valence electrons. The zero-order chi connectivity index (χ0) is 18.4. The SMILES string of the molecule is C[C@@H]1c2ccccc2-c2ccc(Cl)cc2N1C(=O)c1ccc(O)cc1O. The highest BCUT2D eigenvalue weighted by molar-refractivity contribution is 6.31. The van der Waals surface area contributed by atoms with E-state index in [0.29, 0.717) is 10.7 Å². The van der Waals surface area contributed by atoms with E-state index in [0.717, 1.165) is 22.8 Å². The number of rotatable bonds is 1. The zero-order valence-corrected chi connectivity index (χ0v) is 14.7. The summed E-state index contributed by atoms with van der Waals surface area (Å²) in [5.41, 5.74) is 3.82. The van der Waals surface area contributed by atoms with Crippen LogP contribution >= 0.6 is 11.6 Å². The van der Waals surface area contributed by atoms with Gasteiger partial charge in [-0.1, -0.05) is 41.9 Å². The monoisotopic (exact) mass is 365 g/mol. The van der Waals surface area contributed by atoms with E-state index in [1.165, 1.54) is 12.1 Å². The average Bonchev–Trinajstić information content (AvgIpc) is 2.61. The molecule has 2 N–H and O–H groups in total. The third-order valence-corrected chi connectivity index (χ3v) is 4.97. The number of fused-ring (bicyclic) bond motifs is 3. The van der Waals surface area contributed by atoms with Crippen LogP contribution in [-0.4, -0.2) is 16.1 Å². The molecule has 0 fully saturated rings. The fourth-order valence-corrected chi connectivity index (χ4v) is 3.67. The average molecular weight is 366 g/mol. The number of phenolic OH excluding ortho intramolecular Hbond substituents is 2. The first-order valence-electron chi connectivity index (χ1n) is 8.22. The van der Waals surface area contributed by atoms with Gasteiger partial charge >= 0.3 is 0 Å². The molecule has 3 aromatic rings. The second kappa shape index (κ2) is 6.07. The normalized spacial score (nSPS) is 15.3. The standard InChI is InChI=1S/C21H16ClNO3/c1-12-15-4-2-3-5-16(15)17-8-6-13(22)10-19(17)23(12)21(26)18-9-7-14(24)11-20(18)25/h2-12,24-25H,1H3/t12-/m1/s1. The number of halogens is 1. The Balaban J connectivity index is 1.92. The van der Waals surface area contributed by atoms with Gasteiger partial charge in [0.15, 0.2) is 0 Å². The predicted molar refractivity (Wildman–Crippen MR) is 102 cm³/mol. The number of benzene rings is 3. The van der Waals surface area contributed by atoms with Crippen molar-refractivity contribution in [2.24, 2.45) is 0 Å². The molecule has 3 aromatic carbocycles. The maximum Gasteiger partial charge on any atom is 0.262 e. The number of nitrogens with zero attached hydrogens (tertiary/aromatic N) is 1. The Labute approximate surface area is 155 Å². The van der Waals surface area contributed by atoms with Crippen LogP contribution in [0.15, 0.2) is 60.7 Å². The molecule has 0 bridgehead atoms. The van der Waals surface area contributed by atoms with Crippen LogP contribution in [-0.2, 0) is 0 Å². The summed E-state index contributed by atoms with van der Waals surface area (Å²) >= 11 is 6.20. The minimum Gasteiger partial charge on any atom is -0.508 e. The van der Waals surface area contributed by atoms with Crippen molar-refractivity contribution in [3.05, 3.63) is 76.8 Å². The number of aromatic hydroxyl groups is 2. The molecule has 1 atom stereocenters. The van der Waals surface area contributed by atoms with Crippen molar-refractivity contribution in [3.8, 4) is 22.6 Å². The molecule has 26 heavy (non-hydrogen) atoms. The first kappa shape index (κ1) is 16.5. The van der Waals surface area contributed by atoms with Gasteiger partial charge in [0.25, 0.3) is 5.91 Å². The highest BCUT2D eigenvalue weighted by Gasteiger charge is 2.33. The molecule has 1 amide bonds. The Kier molecular flexibility index (Phi) is 3.85. The molecule has 0 radical (unpaired) electrons. The Bertz CT molecular complexity index is 1030. The lowest BCUT2D eigenvalue weighted by molar-refractivity contribution is 0.0975. The van der Waals surface area contributed by atoms with Crippen LogP contribution in [0.1, 0.15) is 28.9 Å². The molecule has 1 aliphatic rings. The molecule has 4 rings (SSSR count). The fourth-order valence-electron chi connectivity index (χ4n) is 3.50. The maximum absolute atomic E-state index is 13.3. The number of phenols is 2. The number of hydrogen-bond donors (Lipinski definition) is 2. The van der Waals surface area contributed by atoms with Crippen molar-refractivity contribution >= 4 is 23.2 Å². The van der Waals surface area contributed by atoms with Crippen molar-refractivity contribution in [1.29, 1.82) is 0 Å². The van der Waals surface area contributed by atoms with E-state index in [2.05, 4.69) is 0 Å². The molecule has 5 heteroatoms. The quantitative estimate of drug-likeness (QED) is 0.627.